The van der Waals surface area contributed by atoms with Crippen molar-refractivity contribution in [3.63, 3.8) is 0 Å². The third kappa shape index (κ3) is 3.78. The molecule has 5 nitrogen and oxygen atoms in total. The van der Waals surface area contributed by atoms with Crippen molar-refractivity contribution in [1.29, 1.82) is 0 Å². The fourth-order valence-corrected chi connectivity index (χ4v) is 2.73. The third-order valence-electron chi connectivity index (χ3n) is 3.55. The standard InChI is InChI=1S/C14H23ClN2O3/c1-14(2,3)20-13(19)16-7-6-11(9-16)17(10-4-5-10)12(18)8-15/h10-11H,4-9H2,1-3H3/t11-/m0/s1. The van der Waals surface area contributed by atoms with Gasteiger partial charge in [0.25, 0.3) is 0 Å². The van der Waals surface area contributed by atoms with Crippen LogP contribution in [-0.4, -0.2) is 58.5 Å². The van der Waals surface area contributed by atoms with Gasteiger partial charge in [0.15, 0.2) is 0 Å². The molecule has 0 aromatic carbocycles. The molecule has 2 amide bonds. The quantitative estimate of drug-likeness (QED) is 0.751. The fourth-order valence-electron chi connectivity index (χ4n) is 2.59. The van der Waals surface area contributed by atoms with E-state index in [-0.39, 0.29) is 23.9 Å². The lowest BCUT2D eigenvalue weighted by Crippen LogP contribution is -2.45. The third-order valence-corrected chi connectivity index (χ3v) is 3.78. The average Bonchev–Trinajstić information content (AvgIpc) is 3.03. The number of amides is 2. The highest BCUT2D eigenvalue weighted by Crippen LogP contribution is 2.32. The van der Waals surface area contributed by atoms with Crippen LogP contribution < -0.4 is 0 Å². The van der Waals surface area contributed by atoms with Gasteiger partial charge in [0, 0.05) is 19.1 Å². The van der Waals surface area contributed by atoms with Gasteiger partial charge in [-0.25, -0.2) is 4.79 Å². The lowest BCUT2D eigenvalue weighted by atomic mass is 10.2. The van der Waals surface area contributed by atoms with Crippen molar-refractivity contribution < 1.29 is 14.3 Å². The second-order valence-corrected chi connectivity index (χ2v) is 6.80. The lowest BCUT2D eigenvalue weighted by Gasteiger charge is -2.29. The van der Waals surface area contributed by atoms with Crippen molar-refractivity contribution in [2.75, 3.05) is 19.0 Å². The molecule has 1 aliphatic heterocycles. The minimum Gasteiger partial charge on any atom is -0.444 e. The number of rotatable bonds is 3. The first-order valence-corrected chi connectivity index (χ1v) is 7.70. The minimum absolute atomic E-state index is 0.0133. The van der Waals surface area contributed by atoms with E-state index in [4.69, 9.17) is 16.3 Å². The summed E-state index contributed by atoms with van der Waals surface area (Å²) in [6.45, 7) is 6.75. The normalized spacial score (nSPS) is 22.8. The highest BCUT2D eigenvalue weighted by Gasteiger charge is 2.41. The molecule has 2 fully saturated rings. The van der Waals surface area contributed by atoms with E-state index in [2.05, 4.69) is 0 Å². The molecule has 1 saturated carbocycles. The SMILES string of the molecule is CC(C)(C)OC(=O)N1CC[C@H](N(C(=O)CCl)C2CC2)C1. The molecule has 1 saturated heterocycles. The maximum absolute atomic E-state index is 12.0. The van der Waals surface area contributed by atoms with Crippen LogP contribution in [0.3, 0.4) is 0 Å². The van der Waals surface area contributed by atoms with Gasteiger partial charge in [-0.05, 0) is 40.0 Å². The van der Waals surface area contributed by atoms with Crippen LogP contribution in [-0.2, 0) is 9.53 Å². The van der Waals surface area contributed by atoms with E-state index in [1.165, 1.54) is 0 Å². The molecular formula is C14H23ClN2O3. The van der Waals surface area contributed by atoms with Crippen LogP contribution in [0.5, 0.6) is 0 Å². The highest BCUT2D eigenvalue weighted by atomic mass is 35.5. The van der Waals surface area contributed by atoms with E-state index in [9.17, 15) is 9.59 Å². The van der Waals surface area contributed by atoms with Crippen molar-refractivity contribution in [2.45, 2.75) is 57.7 Å². The van der Waals surface area contributed by atoms with Crippen LogP contribution in [0.2, 0.25) is 0 Å². The number of ether oxygens (including phenoxy) is 1. The number of hydrogen-bond acceptors (Lipinski definition) is 3. The summed E-state index contributed by atoms with van der Waals surface area (Å²) in [5.74, 6) is -0.00963. The van der Waals surface area contributed by atoms with E-state index in [1.54, 1.807) is 4.90 Å². The Bertz CT molecular complexity index is 390. The Kier molecular flexibility index (Phi) is 4.47. The van der Waals surface area contributed by atoms with Crippen molar-refractivity contribution in [2.24, 2.45) is 0 Å². The lowest BCUT2D eigenvalue weighted by molar-refractivity contribution is -0.131. The predicted octanol–water partition coefficient (Wildman–Crippen LogP) is 2.23. The van der Waals surface area contributed by atoms with Gasteiger partial charge in [-0.1, -0.05) is 0 Å². The number of likely N-dealkylation sites (tertiary alicyclic amines) is 1. The largest absolute Gasteiger partial charge is 0.444 e. The second kappa shape index (κ2) is 5.80. The van der Waals surface area contributed by atoms with Gasteiger partial charge < -0.3 is 14.5 Å². The molecule has 0 spiro atoms. The molecule has 20 heavy (non-hydrogen) atoms. The van der Waals surface area contributed by atoms with E-state index < -0.39 is 5.60 Å². The number of hydrogen-bond donors (Lipinski definition) is 0. The van der Waals surface area contributed by atoms with Crippen LogP contribution in [0.25, 0.3) is 0 Å². The Morgan fingerprint density at radius 1 is 1.25 bits per heavy atom. The molecule has 0 unspecified atom stereocenters. The monoisotopic (exact) mass is 302 g/mol. The fraction of sp³-hybridized carbons (Fsp3) is 0.857. The Morgan fingerprint density at radius 3 is 2.40 bits per heavy atom. The number of alkyl halides is 1. The highest BCUT2D eigenvalue weighted by molar-refractivity contribution is 6.27. The Balaban J connectivity index is 1.93. The number of carbonyl (C=O) groups excluding carboxylic acids is 2. The summed E-state index contributed by atoms with van der Waals surface area (Å²) in [7, 11) is 0. The molecule has 1 atom stereocenters. The summed E-state index contributed by atoms with van der Waals surface area (Å²) < 4.78 is 5.37. The van der Waals surface area contributed by atoms with Gasteiger partial charge in [-0.2, -0.15) is 0 Å². The molecule has 6 heteroatoms. The molecule has 0 aromatic heterocycles. The summed E-state index contributed by atoms with van der Waals surface area (Å²) in [5.41, 5.74) is -0.489. The van der Waals surface area contributed by atoms with Crippen molar-refractivity contribution >= 4 is 23.6 Å². The molecular weight excluding hydrogens is 280 g/mol. The first-order valence-electron chi connectivity index (χ1n) is 7.17. The molecule has 0 aromatic rings. The van der Waals surface area contributed by atoms with E-state index in [1.807, 2.05) is 25.7 Å². The van der Waals surface area contributed by atoms with E-state index >= 15 is 0 Å². The average molecular weight is 303 g/mol. The molecule has 0 N–H and O–H groups in total. The van der Waals surface area contributed by atoms with Crippen molar-refractivity contribution in [3.05, 3.63) is 0 Å². The van der Waals surface area contributed by atoms with Crippen LogP contribution in [0.4, 0.5) is 4.79 Å². The van der Waals surface area contributed by atoms with Gasteiger partial charge in [0.2, 0.25) is 5.91 Å². The van der Waals surface area contributed by atoms with Crippen molar-refractivity contribution in [3.8, 4) is 0 Å². The number of halogens is 1. The van der Waals surface area contributed by atoms with Gasteiger partial charge >= 0.3 is 6.09 Å². The topological polar surface area (TPSA) is 49.9 Å². The summed E-state index contributed by atoms with van der Waals surface area (Å²) in [6, 6.07) is 0.408. The zero-order valence-electron chi connectivity index (χ0n) is 12.4. The summed E-state index contributed by atoms with van der Waals surface area (Å²) >= 11 is 5.69. The summed E-state index contributed by atoms with van der Waals surface area (Å²) in [5, 5.41) is 0. The Labute approximate surface area is 125 Å². The Hall–Kier alpha value is -0.970. The molecule has 1 heterocycles. The summed E-state index contributed by atoms with van der Waals surface area (Å²) in [6.07, 6.45) is 2.60. The molecule has 1 aliphatic carbocycles. The molecule has 114 valence electrons. The Morgan fingerprint density at radius 2 is 1.90 bits per heavy atom. The van der Waals surface area contributed by atoms with Crippen molar-refractivity contribution in [1.82, 2.24) is 9.80 Å². The van der Waals surface area contributed by atoms with E-state index in [0.29, 0.717) is 19.1 Å². The molecule has 0 bridgehead atoms. The first-order chi connectivity index (χ1) is 9.31. The summed E-state index contributed by atoms with van der Waals surface area (Å²) in [4.78, 5) is 27.5. The molecule has 2 rings (SSSR count). The van der Waals surface area contributed by atoms with Crippen LogP contribution in [0, 0.1) is 0 Å². The van der Waals surface area contributed by atoms with E-state index in [0.717, 1.165) is 19.3 Å². The predicted molar refractivity (Wildman–Crippen MR) is 76.8 cm³/mol. The minimum atomic E-state index is -0.489. The maximum Gasteiger partial charge on any atom is 0.410 e. The molecule has 0 radical (unpaired) electrons. The first kappa shape index (κ1) is 15.4. The molecule has 2 aliphatic rings. The van der Waals surface area contributed by atoms with Gasteiger partial charge in [0.05, 0.1) is 6.04 Å². The number of nitrogens with zero attached hydrogens (tertiary/aromatic N) is 2. The van der Waals surface area contributed by atoms with Crippen LogP contribution >= 0.6 is 11.6 Å². The van der Waals surface area contributed by atoms with Crippen LogP contribution in [0.1, 0.15) is 40.0 Å². The maximum atomic E-state index is 12.0. The number of carbonyl (C=O) groups is 2. The second-order valence-electron chi connectivity index (χ2n) is 6.53. The zero-order chi connectivity index (χ0) is 14.9. The van der Waals surface area contributed by atoms with Gasteiger partial charge in [-0.15, -0.1) is 11.6 Å². The van der Waals surface area contributed by atoms with Gasteiger partial charge in [0.1, 0.15) is 11.5 Å². The zero-order valence-corrected chi connectivity index (χ0v) is 13.2. The van der Waals surface area contributed by atoms with Crippen LogP contribution in [0.15, 0.2) is 0 Å². The van der Waals surface area contributed by atoms with Gasteiger partial charge in [-0.3, -0.25) is 4.79 Å². The smallest absolute Gasteiger partial charge is 0.410 e.